The highest BCUT2D eigenvalue weighted by Gasteiger charge is 2.06. The van der Waals surface area contributed by atoms with Crippen molar-refractivity contribution in [2.45, 2.75) is 6.54 Å². The van der Waals surface area contributed by atoms with Crippen molar-refractivity contribution in [3.8, 4) is 0 Å². The molecule has 0 unspecified atom stereocenters. The molecule has 0 saturated heterocycles. The zero-order valence-corrected chi connectivity index (χ0v) is 9.98. The minimum absolute atomic E-state index is 0.754. The molecule has 3 heteroatoms. The second kappa shape index (κ2) is 4.18. The summed E-state index contributed by atoms with van der Waals surface area (Å²) in [4.78, 5) is 12.4. The van der Waals surface area contributed by atoms with Gasteiger partial charge in [-0.2, -0.15) is 0 Å². The fourth-order valence-corrected chi connectivity index (χ4v) is 2.79. The lowest BCUT2D eigenvalue weighted by Gasteiger charge is -2.05. The van der Waals surface area contributed by atoms with Crippen molar-refractivity contribution >= 4 is 28.5 Å². The van der Waals surface area contributed by atoms with Crippen molar-refractivity contribution in [3.05, 3.63) is 58.4 Å². The largest absolute Gasteiger partial charge is 0.342 e. The smallest absolute Gasteiger partial charge is 0.152 e. The quantitative estimate of drug-likeness (QED) is 0.643. The van der Waals surface area contributed by atoms with Gasteiger partial charge in [0.05, 0.1) is 12.1 Å². The summed E-state index contributed by atoms with van der Waals surface area (Å²) in [6.07, 6.45) is 2.96. The topological polar surface area (TPSA) is 22.0 Å². The molecule has 17 heavy (non-hydrogen) atoms. The molecule has 0 atom stereocenters. The van der Waals surface area contributed by atoms with Gasteiger partial charge in [0.2, 0.25) is 0 Å². The maximum atomic E-state index is 11.1. The van der Waals surface area contributed by atoms with E-state index in [1.807, 2.05) is 30.5 Å². The van der Waals surface area contributed by atoms with Crippen LogP contribution >= 0.6 is 11.3 Å². The Hall–Kier alpha value is -1.87. The van der Waals surface area contributed by atoms with Crippen molar-refractivity contribution < 1.29 is 4.79 Å². The zero-order chi connectivity index (χ0) is 11.7. The number of rotatable bonds is 3. The van der Waals surface area contributed by atoms with E-state index < -0.39 is 0 Å². The van der Waals surface area contributed by atoms with Gasteiger partial charge in [0.15, 0.2) is 6.29 Å². The first kappa shape index (κ1) is 10.3. The standard InChI is InChI=1S/C14H11NOS/c16-10-12-4-1-3-11-6-7-15(14(11)12)9-13-5-2-8-17-13/h1-8,10H,9H2. The van der Waals surface area contributed by atoms with Crippen LogP contribution in [0.15, 0.2) is 48.0 Å². The summed E-state index contributed by atoms with van der Waals surface area (Å²) < 4.78 is 2.13. The molecule has 0 N–H and O–H groups in total. The first-order valence-electron chi connectivity index (χ1n) is 5.44. The van der Waals surface area contributed by atoms with E-state index in [1.54, 1.807) is 11.3 Å². The second-order valence-electron chi connectivity index (χ2n) is 3.93. The predicted octanol–water partition coefficient (Wildman–Crippen LogP) is 3.56. The summed E-state index contributed by atoms with van der Waals surface area (Å²) in [6, 6.07) is 12.0. The lowest BCUT2D eigenvalue weighted by molar-refractivity contribution is 0.112. The second-order valence-corrected chi connectivity index (χ2v) is 4.96. The fourth-order valence-electron chi connectivity index (χ4n) is 2.09. The minimum atomic E-state index is 0.754. The van der Waals surface area contributed by atoms with E-state index in [0.717, 1.165) is 29.3 Å². The van der Waals surface area contributed by atoms with Crippen molar-refractivity contribution in [2.75, 3.05) is 0 Å². The van der Waals surface area contributed by atoms with Crippen LogP contribution in [0.5, 0.6) is 0 Å². The predicted molar refractivity (Wildman–Crippen MR) is 70.7 cm³/mol. The molecule has 2 nitrogen and oxygen atoms in total. The Balaban J connectivity index is 2.13. The van der Waals surface area contributed by atoms with Crippen LogP contribution in [0.25, 0.3) is 10.9 Å². The van der Waals surface area contributed by atoms with Gasteiger partial charge in [-0.05, 0) is 23.6 Å². The van der Waals surface area contributed by atoms with Crippen molar-refractivity contribution in [2.24, 2.45) is 0 Å². The van der Waals surface area contributed by atoms with Gasteiger partial charge >= 0.3 is 0 Å². The van der Waals surface area contributed by atoms with E-state index in [-0.39, 0.29) is 0 Å². The summed E-state index contributed by atoms with van der Waals surface area (Å²) in [5.41, 5.74) is 1.78. The van der Waals surface area contributed by atoms with Crippen LogP contribution in [0.1, 0.15) is 15.2 Å². The third-order valence-corrected chi connectivity index (χ3v) is 3.71. The summed E-state index contributed by atoms with van der Waals surface area (Å²) in [7, 11) is 0. The normalized spacial score (nSPS) is 10.8. The first-order chi connectivity index (χ1) is 8.38. The summed E-state index contributed by atoms with van der Waals surface area (Å²) in [5, 5.41) is 3.19. The highest BCUT2D eigenvalue weighted by molar-refractivity contribution is 7.09. The molecule has 0 amide bonds. The molecule has 3 rings (SSSR count). The number of para-hydroxylation sites is 1. The average molecular weight is 241 g/mol. The molecular weight excluding hydrogens is 230 g/mol. The molecule has 0 saturated carbocycles. The number of hydrogen-bond donors (Lipinski definition) is 0. The number of nitrogens with zero attached hydrogens (tertiary/aromatic N) is 1. The Bertz CT molecular complexity index is 652. The van der Waals surface area contributed by atoms with Crippen LogP contribution in [-0.2, 0) is 6.54 Å². The Morgan fingerprint density at radius 2 is 2.12 bits per heavy atom. The van der Waals surface area contributed by atoms with E-state index in [2.05, 4.69) is 22.1 Å². The molecule has 0 bridgehead atoms. The van der Waals surface area contributed by atoms with Gasteiger partial charge in [-0.25, -0.2) is 0 Å². The maximum Gasteiger partial charge on any atom is 0.152 e. The Morgan fingerprint density at radius 1 is 1.18 bits per heavy atom. The number of fused-ring (bicyclic) bond motifs is 1. The number of aromatic nitrogens is 1. The van der Waals surface area contributed by atoms with Crippen LogP contribution in [0.2, 0.25) is 0 Å². The van der Waals surface area contributed by atoms with Crippen LogP contribution in [-0.4, -0.2) is 10.9 Å². The van der Waals surface area contributed by atoms with Gasteiger partial charge in [-0.1, -0.05) is 18.2 Å². The van der Waals surface area contributed by atoms with Crippen molar-refractivity contribution in [1.82, 2.24) is 4.57 Å². The van der Waals surface area contributed by atoms with E-state index in [0.29, 0.717) is 0 Å². The lowest BCUT2D eigenvalue weighted by atomic mass is 10.1. The van der Waals surface area contributed by atoms with Crippen LogP contribution in [0.3, 0.4) is 0 Å². The Labute approximate surface area is 103 Å². The van der Waals surface area contributed by atoms with E-state index >= 15 is 0 Å². The van der Waals surface area contributed by atoms with Crippen LogP contribution < -0.4 is 0 Å². The van der Waals surface area contributed by atoms with Gasteiger partial charge in [0.1, 0.15) is 0 Å². The van der Waals surface area contributed by atoms with Crippen LogP contribution in [0, 0.1) is 0 Å². The molecule has 2 aromatic heterocycles. The summed E-state index contributed by atoms with van der Waals surface area (Å²) in [5.74, 6) is 0. The fraction of sp³-hybridized carbons (Fsp3) is 0.0714. The average Bonchev–Trinajstić information content (AvgIpc) is 2.99. The first-order valence-corrected chi connectivity index (χ1v) is 6.32. The van der Waals surface area contributed by atoms with Crippen LogP contribution in [0.4, 0.5) is 0 Å². The molecule has 0 spiro atoms. The highest BCUT2D eigenvalue weighted by atomic mass is 32.1. The summed E-state index contributed by atoms with van der Waals surface area (Å²) in [6.45, 7) is 0.825. The molecule has 3 aromatic rings. The van der Waals surface area contributed by atoms with Gasteiger partial charge in [0.25, 0.3) is 0 Å². The molecule has 0 aliphatic heterocycles. The molecule has 1 aromatic carbocycles. The molecule has 0 radical (unpaired) electrons. The Morgan fingerprint density at radius 3 is 2.88 bits per heavy atom. The van der Waals surface area contributed by atoms with Gasteiger partial charge < -0.3 is 4.57 Å². The molecule has 0 aliphatic rings. The maximum absolute atomic E-state index is 11.1. The molecular formula is C14H11NOS. The zero-order valence-electron chi connectivity index (χ0n) is 9.17. The number of hydrogen-bond acceptors (Lipinski definition) is 2. The SMILES string of the molecule is O=Cc1cccc2ccn(Cc3cccs3)c12. The number of aldehydes is 1. The number of benzene rings is 1. The monoisotopic (exact) mass is 241 g/mol. The molecule has 0 aliphatic carbocycles. The minimum Gasteiger partial charge on any atom is -0.342 e. The number of carbonyl (C=O) groups excluding carboxylic acids is 1. The van der Waals surface area contributed by atoms with Crippen molar-refractivity contribution in [3.63, 3.8) is 0 Å². The third-order valence-electron chi connectivity index (χ3n) is 2.85. The van der Waals surface area contributed by atoms with Gasteiger partial charge in [-0.15, -0.1) is 11.3 Å². The third kappa shape index (κ3) is 1.78. The number of carbonyl (C=O) groups is 1. The molecule has 0 fully saturated rings. The lowest BCUT2D eigenvalue weighted by Crippen LogP contribution is -1.98. The Kier molecular flexibility index (Phi) is 2.53. The van der Waals surface area contributed by atoms with E-state index in [1.165, 1.54) is 4.88 Å². The molecule has 2 heterocycles. The van der Waals surface area contributed by atoms with Gasteiger partial charge in [-0.3, -0.25) is 4.79 Å². The van der Waals surface area contributed by atoms with Gasteiger partial charge in [0, 0.05) is 22.0 Å². The van der Waals surface area contributed by atoms with E-state index in [9.17, 15) is 4.79 Å². The number of thiophene rings is 1. The van der Waals surface area contributed by atoms with Crippen molar-refractivity contribution in [1.29, 1.82) is 0 Å². The van der Waals surface area contributed by atoms with E-state index in [4.69, 9.17) is 0 Å². The summed E-state index contributed by atoms with van der Waals surface area (Å²) >= 11 is 1.73. The highest BCUT2D eigenvalue weighted by Crippen LogP contribution is 2.21. The molecule has 84 valence electrons.